The molecule has 0 heterocycles. The third kappa shape index (κ3) is 5.93. The van der Waals surface area contributed by atoms with E-state index in [0.29, 0.717) is 5.92 Å². The molecule has 0 fully saturated rings. The van der Waals surface area contributed by atoms with Crippen LogP contribution in [0.25, 0.3) is 0 Å². The summed E-state index contributed by atoms with van der Waals surface area (Å²) in [6, 6.07) is 4.37. The lowest BCUT2D eigenvalue weighted by atomic mass is 10.0. The van der Waals surface area contributed by atoms with Crippen LogP contribution in [-0.4, -0.2) is 33.4 Å². The molecular weight excluding hydrogens is 250 g/mol. The molecule has 3 nitrogen and oxygen atoms in total. The van der Waals surface area contributed by atoms with Crippen molar-refractivity contribution in [1.82, 2.24) is 5.32 Å². The SMILES string of the molecule is COc1c(C)cc(CCOCCNCC(C)C)cc1C. The van der Waals surface area contributed by atoms with E-state index >= 15 is 0 Å². The van der Waals surface area contributed by atoms with Crippen LogP contribution < -0.4 is 10.1 Å². The maximum Gasteiger partial charge on any atom is 0.124 e. The summed E-state index contributed by atoms with van der Waals surface area (Å²) in [5, 5.41) is 3.38. The summed E-state index contributed by atoms with van der Waals surface area (Å²) < 4.78 is 11.0. The van der Waals surface area contributed by atoms with E-state index in [-0.39, 0.29) is 0 Å². The molecule has 114 valence electrons. The quantitative estimate of drug-likeness (QED) is 0.705. The highest BCUT2D eigenvalue weighted by Gasteiger charge is 2.05. The van der Waals surface area contributed by atoms with Gasteiger partial charge in [-0.2, -0.15) is 0 Å². The number of rotatable bonds is 9. The molecular formula is C17H29NO2. The Morgan fingerprint density at radius 1 is 1.10 bits per heavy atom. The van der Waals surface area contributed by atoms with Crippen molar-refractivity contribution in [3.8, 4) is 5.75 Å². The van der Waals surface area contributed by atoms with Crippen LogP contribution in [0.4, 0.5) is 0 Å². The fourth-order valence-corrected chi connectivity index (χ4v) is 2.33. The topological polar surface area (TPSA) is 30.5 Å². The first-order valence-corrected chi connectivity index (χ1v) is 7.47. The lowest BCUT2D eigenvalue weighted by molar-refractivity contribution is 0.138. The standard InChI is InChI=1S/C17H29NO2/c1-13(2)12-18-7-9-20-8-6-16-10-14(3)17(19-5)15(4)11-16/h10-11,13,18H,6-9,12H2,1-5H3. The number of hydrogen-bond donors (Lipinski definition) is 1. The van der Waals surface area contributed by atoms with Gasteiger partial charge in [-0.1, -0.05) is 26.0 Å². The van der Waals surface area contributed by atoms with E-state index in [0.717, 1.165) is 38.5 Å². The predicted octanol–water partition coefficient (Wildman–Crippen LogP) is 3.12. The van der Waals surface area contributed by atoms with Gasteiger partial charge >= 0.3 is 0 Å². The molecule has 0 radical (unpaired) electrons. The average Bonchev–Trinajstić information content (AvgIpc) is 2.37. The van der Waals surface area contributed by atoms with E-state index in [2.05, 4.69) is 45.1 Å². The molecule has 0 saturated carbocycles. The minimum atomic E-state index is 0.695. The maximum atomic E-state index is 5.66. The lowest BCUT2D eigenvalue weighted by Gasteiger charge is -2.12. The summed E-state index contributed by atoms with van der Waals surface area (Å²) in [6.45, 7) is 12.1. The number of ether oxygens (including phenoxy) is 2. The molecule has 0 spiro atoms. The Kier molecular flexibility index (Phi) is 7.63. The minimum Gasteiger partial charge on any atom is -0.496 e. The molecule has 0 atom stereocenters. The average molecular weight is 279 g/mol. The Labute approximate surface area is 123 Å². The van der Waals surface area contributed by atoms with Crippen LogP contribution in [0.1, 0.15) is 30.5 Å². The summed E-state index contributed by atoms with van der Waals surface area (Å²) in [5.41, 5.74) is 3.71. The fourth-order valence-electron chi connectivity index (χ4n) is 2.33. The first-order chi connectivity index (χ1) is 9.54. The highest BCUT2D eigenvalue weighted by Crippen LogP contribution is 2.24. The van der Waals surface area contributed by atoms with Gasteiger partial charge in [-0.15, -0.1) is 0 Å². The molecule has 0 amide bonds. The molecule has 0 aliphatic heterocycles. The molecule has 0 unspecified atom stereocenters. The minimum absolute atomic E-state index is 0.695. The third-order valence-electron chi connectivity index (χ3n) is 3.24. The number of nitrogens with one attached hydrogen (secondary N) is 1. The van der Waals surface area contributed by atoms with Crippen molar-refractivity contribution in [3.05, 3.63) is 28.8 Å². The van der Waals surface area contributed by atoms with Crippen molar-refractivity contribution in [1.29, 1.82) is 0 Å². The van der Waals surface area contributed by atoms with Crippen molar-refractivity contribution in [2.24, 2.45) is 5.92 Å². The second-order valence-corrected chi connectivity index (χ2v) is 5.72. The fraction of sp³-hybridized carbons (Fsp3) is 0.647. The van der Waals surface area contributed by atoms with Crippen molar-refractivity contribution in [2.75, 3.05) is 33.4 Å². The van der Waals surface area contributed by atoms with Crippen LogP contribution in [0.15, 0.2) is 12.1 Å². The normalized spacial score (nSPS) is 11.1. The van der Waals surface area contributed by atoms with Crippen molar-refractivity contribution in [3.63, 3.8) is 0 Å². The largest absolute Gasteiger partial charge is 0.496 e. The van der Waals surface area contributed by atoms with Gasteiger partial charge in [0.1, 0.15) is 5.75 Å². The highest BCUT2D eigenvalue weighted by atomic mass is 16.5. The van der Waals surface area contributed by atoms with E-state index < -0.39 is 0 Å². The van der Waals surface area contributed by atoms with Crippen LogP contribution in [0, 0.1) is 19.8 Å². The molecule has 0 bridgehead atoms. The van der Waals surface area contributed by atoms with Crippen LogP contribution in [0.5, 0.6) is 5.75 Å². The molecule has 1 rings (SSSR count). The first-order valence-electron chi connectivity index (χ1n) is 7.47. The number of benzene rings is 1. The predicted molar refractivity (Wildman–Crippen MR) is 84.7 cm³/mol. The number of hydrogen-bond acceptors (Lipinski definition) is 3. The Bertz CT molecular complexity index is 379. The summed E-state index contributed by atoms with van der Waals surface area (Å²) >= 11 is 0. The third-order valence-corrected chi connectivity index (χ3v) is 3.24. The van der Waals surface area contributed by atoms with E-state index in [4.69, 9.17) is 9.47 Å². The summed E-state index contributed by atoms with van der Waals surface area (Å²) in [7, 11) is 1.72. The highest BCUT2D eigenvalue weighted by molar-refractivity contribution is 5.43. The van der Waals surface area contributed by atoms with Gasteiger partial charge in [0.2, 0.25) is 0 Å². The van der Waals surface area contributed by atoms with Gasteiger partial charge in [0, 0.05) is 6.54 Å². The van der Waals surface area contributed by atoms with Gasteiger partial charge in [-0.05, 0) is 49.4 Å². The van der Waals surface area contributed by atoms with Gasteiger partial charge in [0.25, 0.3) is 0 Å². The zero-order valence-corrected chi connectivity index (χ0v) is 13.6. The smallest absolute Gasteiger partial charge is 0.124 e. The van der Waals surface area contributed by atoms with Gasteiger partial charge in [-0.25, -0.2) is 0 Å². The molecule has 20 heavy (non-hydrogen) atoms. The Balaban J connectivity index is 2.26. The zero-order valence-electron chi connectivity index (χ0n) is 13.6. The van der Waals surface area contributed by atoms with Crippen molar-refractivity contribution >= 4 is 0 Å². The van der Waals surface area contributed by atoms with E-state index in [1.807, 2.05) is 0 Å². The van der Waals surface area contributed by atoms with Crippen LogP contribution >= 0.6 is 0 Å². The summed E-state index contributed by atoms with van der Waals surface area (Å²) in [5.74, 6) is 1.69. The van der Waals surface area contributed by atoms with Crippen molar-refractivity contribution < 1.29 is 9.47 Å². The van der Waals surface area contributed by atoms with Crippen LogP contribution in [0.3, 0.4) is 0 Å². The number of aryl methyl sites for hydroxylation is 2. The first kappa shape index (κ1) is 17.0. The van der Waals surface area contributed by atoms with Gasteiger partial charge in [0.15, 0.2) is 0 Å². The Hall–Kier alpha value is -1.06. The number of methoxy groups -OCH3 is 1. The molecule has 0 aliphatic rings. The second kappa shape index (κ2) is 8.98. The Morgan fingerprint density at radius 2 is 1.75 bits per heavy atom. The van der Waals surface area contributed by atoms with Gasteiger partial charge < -0.3 is 14.8 Å². The lowest BCUT2D eigenvalue weighted by Crippen LogP contribution is -2.24. The Morgan fingerprint density at radius 3 is 2.30 bits per heavy atom. The molecule has 0 aromatic heterocycles. The van der Waals surface area contributed by atoms with E-state index in [1.54, 1.807) is 7.11 Å². The summed E-state index contributed by atoms with van der Waals surface area (Å²) in [4.78, 5) is 0. The van der Waals surface area contributed by atoms with Crippen LogP contribution in [0.2, 0.25) is 0 Å². The molecule has 0 saturated heterocycles. The second-order valence-electron chi connectivity index (χ2n) is 5.72. The monoisotopic (exact) mass is 279 g/mol. The molecule has 3 heteroatoms. The molecule has 0 aliphatic carbocycles. The van der Waals surface area contributed by atoms with Crippen molar-refractivity contribution in [2.45, 2.75) is 34.1 Å². The van der Waals surface area contributed by atoms with Gasteiger partial charge in [0.05, 0.1) is 20.3 Å². The maximum absolute atomic E-state index is 5.66. The van der Waals surface area contributed by atoms with Crippen LogP contribution in [-0.2, 0) is 11.2 Å². The van der Waals surface area contributed by atoms with Gasteiger partial charge in [-0.3, -0.25) is 0 Å². The summed E-state index contributed by atoms with van der Waals surface area (Å²) in [6.07, 6.45) is 0.954. The van der Waals surface area contributed by atoms with E-state index in [1.165, 1.54) is 16.7 Å². The van der Waals surface area contributed by atoms with E-state index in [9.17, 15) is 0 Å². The molecule has 1 N–H and O–H groups in total. The zero-order chi connectivity index (χ0) is 15.0. The molecule has 1 aromatic carbocycles. The molecule has 1 aromatic rings.